The van der Waals surface area contributed by atoms with Gasteiger partial charge in [0.2, 0.25) is 5.91 Å². The summed E-state index contributed by atoms with van der Waals surface area (Å²) in [6.45, 7) is 6.68. The highest BCUT2D eigenvalue weighted by Crippen LogP contribution is 2.54. The van der Waals surface area contributed by atoms with Gasteiger partial charge in [0.05, 0.1) is 18.8 Å². The van der Waals surface area contributed by atoms with Crippen molar-refractivity contribution in [3.8, 4) is 11.5 Å². The van der Waals surface area contributed by atoms with Crippen LogP contribution in [0.4, 0.5) is 5.69 Å². The van der Waals surface area contributed by atoms with Crippen molar-refractivity contribution in [2.75, 3.05) is 18.4 Å². The highest BCUT2D eigenvalue weighted by molar-refractivity contribution is 5.96. The largest absolute Gasteiger partial charge is 0.504 e. The molecular formula is C26H30N2O5. The van der Waals surface area contributed by atoms with Crippen molar-refractivity contribution in [1.82, 2.24) is 4.90 Å². The molecule has 2 aromatic rings. The number of ether oxygens (including phenoxy) is 2. The van der Waals surface area contributed by atoms with Gasteiger partial charge in [-0.2, -0.15) is 0 Å². The molecule has 3 aliphatic rings. The number of hydrogen-bond donors (Lipinski definition) is 2. The van der Waals surface area contributed by atoms with Crippen LogP contribution in [0.25, 0.3) is 0 Å². The van der Waals surface area contributed by atoms with E-state index in [1.807, 2.05) is 26.0 Å². The van der Waals surface area contributed by atoms with Gasteiger partial charge in [-0.3, -0.25) is 14.5 Å². The number of rotatable bonds is 4. The van der Waals surface area contributed by atoms with Crippen molar-refractivity contribution >= 4 is 17.4 Å². The number of phenols is 1. The maximum absolute atomic E-state index is 12.8. The van der Waals surface area contributed by atoms with Crippen LogP contribution in [0.15, 0.2) is 42.5 Å². The molecule has 3 heterocycles. The molecule has 0 unspecified atom stereocenters. The third-order valence-electron chi connectivity index (χ3n) is 7.29. The summed E-state index contributed by atoms with van der Waals surface area (Å²) in [5.41, 5.74) is 1.70. The quantitative estimate of drug-likeness (QED) is 0.687. The van der Waals surface area contributed by atoms with Gasteiger partial charge in [-0.1, -0.05) is 12.1 Å². The molecule has 2 aromatic carbocycles. The minimum absolute atomic E-state index is 0.000889. The van der Waals surface area contributed by atoms with Gasteiger partial charge in [-0.25, -0.2) is 0 Å². The molecule has 0 aromatic heterocycles. The second-order valence-corrected chi connectivity index (χ2v) is 9.85. The number of carbonyl (C=O) groups excluding carboxylic acids is 2. The van der Waals surface area contributed by atoms with Gasteiger partial charge < -0.3 is 19.9 Å². The number of Topliss-reactive ketones (excluding diaryl/α,β-unsaturated/α-hetero) is 1. The first-order valence-corrected chi connectivity index (χ1v) is 11.5. The maximum atomic E-state index is 12.8. The van der Waals surface area contributed by atoms with Crippen LogP contribution < -0.4 is 10.1 Å². The number of likely N-dealkylation sites (tertiary alicyclic amines) is 1. The summed E-state index contributed by atoms with van der Waals surface area (Å²) in [5.74, 6) is 0.690. The molecule has 4 atom stereocenters. The number of aromatic hydroxyl groups is 1. The number of amides is 1. The number of nitrogens with zero attached hydrogens (tertiary/aromatic N) is 1. The van der Waals surface area contributed by atoms with Crippen LogP contribution in [0.3, 0.4) is 0 Å². The Balaban J connectivity index is 1.28. The number of nitrogens with one attached hydrogen (secondary N) is 1. The van der Waals surface area contributed by atoms with Crippen LogP contribution in [0, 0.1) is 5.92 Å². The lowest BCUT2D eigenvalue weighted by Gasteiger charge is -2.50. The minimum atomic E-state index is -0.504. The lowest BCUT2D eigenvalue weighted by Crippen LogP contribution is -2.54. The number of fused-ring (bicyclic) bond motifs is 4. The number of hydrogen-bond acceptors (Lipinski definition) is 6. The molecule has 1 amide bonds. The molecule has 3 aliphatic heterocycles. The Hall–Kier alpha value is -2.90. The van der Waals surface area contributed by atoms with E-state index in [0.29, 0.717) is 17.0 Å². The summed E-state index contributed by atoms with van der Waals surface area (Å²) in [7, 11) is 0. The van der Waals surface area contributed by atoms with Gasteiger partial charge in [0, 0.05) is 35.3 Å². The van der Waals surface area contributed by atoms with Gasteiger partial charge >= 0.3 is 0 Å². The maximum Gasteiger partial charge on any atom is 0.238 e. The van der Waals surface area contributed by atoms with Crippen LogP contribution in [0.5, 0.6) is 11.5 Å². The number of anilines is 1. The molecule has 0 spiro atoms. The third kappa shape index (κ3) is 4.00. The molecule has 2 saturated heterocycles. The average molecular weight is 451 g/mol. The molecule has 0 radical (unpaired) electrons. The minimum Gasteiger partial charge on any atom is -0.504 e. The van der Waals surface area contributed by atoms with E-state index in [4.69, 9.17) is 9.47 Å². The van der Waals surface area contributed by atoms with Crippen molar-refractivity contribution in [2.45, 2.75) is 57.5 Å². The molecule has 7 heteroatoms. The van der Waals surface area contributed by atoms with Gasteiger partial charge in [-0.15, -0.1) is 0 Å². The van der Waals surface area contributed by atoms with Crippen LogP contribution >= 0.6 is 0 Å². The van der Waals surface area contributed by atoms with Crippen molar-refractivity contribution in [3.05, 3.63) is 53.6 Å². The second-order valence-electron chi connectivity index (χ2n) is 9.85. The van der Waals surface area contributed by atoms with Crippen molar-refractivity contribution in [3.63, 3.8) is 0 Å². The van der Waals surface area contributed by atoms with E-state index >= 15 is 0 Å². The molecule has 0 aliphatic carbocycles. The Bertz CT molecular complexity index is 1080. The number of ketones is 1. The zero-order chi connectivity index (χ0) is 23.3. The lowest BCUT2D eigenvalue weighted by molar-refractivity contribution is -0.162. The summed E-state index contributed by atoms with van der Waals surface area (Å²) in [6, 6.07) is 12.5. The monoisotopic (exact) mass is 450 g/mol. The number of benzene rings is 2. The van der Waals surface area contributed by atoms with Crippen molar-refractivity contribution in [2.24, 2.45) is 5.92 Å². The van der Waals surface area contributed by atoms with E-state index < -0.39 is 5.60 Å². The highest BCUT2D eigenvalue weighted by atomic mass is 16.5. The first-order chi connectivity index (χ1) is 15.7. The molecule has 33 heavy (non-hydrogen) atoms. The molecule has 0 saturated carbocycles. The van der Waals surface area contributed by atoms with Crippen LogP contribution in [-0.4, -0.2) is 52.5 Å². The summed E-state index contributed by atoms with van der Waals surface area (Å²) in [4.78, 5) is 26.4. The normalized spacial score (nSPS) is 27.6. The van der Waals surface area contributed by atoms with Crippen LogP contribution in [0.1, 0.15) is 55.6 Å². The summed E-state index contributed by atoms with van der Waals surface area (Å²) in [6.07, 6.45) is 1.63. The Labute approximate surface area is 193 Å². The van der Waals surface area contributed by atoms with Crippen molar-refractivity contribution < 1.29 is 24.2 Å². The van der Waals surface area contributed by atoms with E-state index in [1.165, 1.54) is 6.92 Å². The Morgan fingerprint density at radius 3 is 2.67 bits per heavy atom. The van der Waals surface area contributed by atoms with Gasteiger partial charge in [0.1, 0.15) is 5.60 Å². The smallest absolute Gasteiger partial charge is 0.238 e. The zero-order valence-electron chi connectivity index (χ0n) is 19.2. The molecule has 2 fully saturated rings. The second kappa shape index (κ2) is 8.15. The van der Waals surface area contributed by atoms with Crippen LogP contribution in [-0.2, 0) is 9.53 Å². The van der Waals surface area contributed by atoms with E-state index in [-0.39, 0.29) is 48.2 Å². The van der Waals surface area contributed by atoms with Gasteiger partial charge in [0.25, 0.3) is 0 Å². The number of para-hydroxylation sites is 1. The number of phenolic OH excluding ortho intramolecular Hbond substituents is 1. The molecule has 174 valence electrons. The predicted molar refractivity (Wildman–Crippen MR) is 124 cm³/mol. The van der Waals surface area contributed by atoms with Crippen LogP contribution in [0.2, 0.25) is 0 Å². The van der Waals surface area contributed by atoms with Gasteiger partial charge in [0.15, 0.2) is 17.3 Å². The molecule has 2 N–H and O–H groups in total. The zero-order valence-corrected chi connectivity index (χ0v) is 19.2. The standard InChI is InChI=1S/C26H30N2O5/c1-15(29)16-7-9-17(10-8-16)27-23(31)14-28-12-11-22-20(28)13-19-24(32-22)18-5-4-6-21(30)25(18)33-26(19,2)3/h4-10,19-20,22,24,30H,11-14H2,1-3H3,(H,27,31)/t19-,20+,22-,24+/m1/s1. The van der Waals surface area contributed by atoms with E-state index in [9.17, 15) is 14.7 Å². The molecule has 0 bridgehead atoms. The topological polar surface area (TPSA) is 88.1 Å². The summed E-state index contributed by atoms with van der Waals surface area (Å²) < 4.78 is 12.8. The Kier molecular flexibility index (Phi) is 5.41. The average Bonchev–Trinajstić information content (AvgIpc) is 3.15. The first kappa shape index (κ1) is 21.9. The fraction of sp³-hybridized carbons (Fsp3) is 0.462. The highest BCUT2D eigenvalue weighted by Gasteiger charge is 2.53. The molecule has 5 rings (SSSR count). The SMILES string of the molecule is CC(=O)c1ccc(NC(=O)CN2CC[C@H]3O[C@H]4c5cccc(O)c5OC(C)(C)[C@@H]4C[C@@H]32)cc1. The first-order valence-electron chi connectivity index (χ1n) is 11.5. The predicted octanol–water partition coefficient (Wildman–Crippen LogP) is 3.93. The van der Waals surface area contributed by atoms with E-state index in [1.54, 1.807) is 30.3 Å². The van der Waals surface area contributed by atoms with E-state index in [2.05, 4.69) is 10.2 Å². The van der Waals surface area contributed by atoms with Gasteiger partial charge in [-0.05, 0) is 63.9 Å². The van der Waals surface area contributed by atoms with E-state index in [0.717, 1.165) is 24.9 Å². The molecule has 7 nitrogen and oxygen atoms in total. The fourth-order valence-corrected chi connectivity index (χ4v) is 5.54. The summed E-state index contributed by atoms with van der Waals surface area (Å²) >= 11 is 0. The number of carbonyl (C=O) groups is 2. The van der Waals surface area contributed by atoms with Crippen molar-refractivity contribution in [1.29, 1.82) is 0 Å². The third-order valence-corrected chi connectivity index (χ3v) is 7.29. The molecular weight excluding hydrogens is 420 g/mol. The Morgan fingerprint density at radius 2 is 1.94 bits per heavy atom. The fourth-order valence-electron chi connectivity index (χ4n) is 5.54. The summed E-state index contributed by atoms with van der Waals surface area (Å²) in [5, 5.41) is 13.3. The Morgan fingerprint density at radius 1 is 1.18 bits per heavy atom. The lowest BCUT2D eigenvalue weighted by atomic mass is 9.74.